The fourth-order valence-corrected chi connectivity index (χ4v) is 1.87. The van der Waals surface area contributed by atoms with Crippen LogP contribution >= 0.6 is 0 Å². The average Bonchev–Trinajstić information content (AvgIpc) is 2.34. The standard InChI is InChI=1S/C10H7F5O5S/c11-9(12,10(13,14)15)4-20-7-5(8(16)17)2-1-3-6(7)21(18)19/h1-2H,3-4H2,(H,16,17). The minimum Gasteiger partial charge on any atom is -0.485 e. The third-order valence-corrected chi connectivity index (χ3v) is 3.08. The second kappa shape index (κ2) is 5.84. The molecule has 0 heterocycles. The van der Waals surface area contributed by atoms with Crippen LogP contribution in [0, 0.1) is 0 Å². The van der Waals surface area contributed by atoms with Crippen LogP contribution in [0.15, 0.2) is 23.5 Å². The zero-order chi connectivity index (χ0) is 16.4. The Labute approximate surface area is 115 Å². The van der Waals surface area contributed by atoms with Gasteiger partial charge in [-0.05, 0) is 6.08 Å². The van der Waals surface area contributed by atoms with E-state index >= 15 is 0 Å². The Bertz CT molecular complexity index is 633. The highest BCUT2D eigenvalue weighted by molar-refractivity contribution is 7.73. The van der Waals surface area contributed by atoms with E-state index in [4.69, 9.17) is 5.11 Å². The first-order valence-corrected chi connectivity index (χ1v) is 6.22. The fourth-order valence-electron chi connectivity index (χ4n) is 1.32. The maximum absolute atomic E-state index is 12.7. The van der Waals surface area contributed by atoms with E-state index in [1.165, 1.54) is 0 Å². The number of alkyl halides is 5. The molecule has 118 valence electrons. The molecule has 0 unspecified atom stereocenters. The molecule has 0 atom stereocenters. The molecule has 0 saturated heterocycles. The molecule has 0 saturated carbocycles. The van der Waals surface area contributed by atoms with E-state index in [1.807, 2.05) is 0 Å². The monoisotopic (exact) mass is 334 g/mol. The molecule has 0 amide bonds. The number of carboxylic acid groups (broad SMARTS) is 1. The zero-order valence-corrected chi connectivity index (χ0v) is 10.8. The van der Waals surface area contributed by atoms with E-state index in [1.54, 1.807) is 0 Å². The van der Waals surface area contributed by atoms with Gasteiger partial charge in [0, 0.05) is 6.42 Å². The number of hydrogen-bond donors (Lipinski definition) is 1. The maximum Gasteiger partial charge on any atom is 0.456 e. The molecular weight excluding hydrogens is 327 g/mol. The van der Waals surface area contributed by atoms with Crippen molar-refractivity contribution in [3.63, 3.8) is 0 Å². The lowest BCUT2D eigenvalue weighted by Gasteiger charge is -2.22. The van der Waals surface area contributed by atoms with Crippen molar-refractivity contribution in [3.8, 4) is 0 Å². The van der Waals surface area contributed by atoms with Crippen LogP contribution in [0.2, 0.25) is 0 Å². The number of rotatable bonds is 4. The molecule has 1 rings (SSSR count). The first kappa shape index (κ1) is 17.1. The second-order valence-corrected chi connectivity index (χ2v) is 4.77. The van der Waals surface area contributed by atoms with Crippen LogP contribution in [-0.2, 0) is 19.8 Å². The number of carboxylic acids is 1. The molecule has 0 aliphatic heterocycles. The van der Waals surface area contributed by atoms with Crippen LogP contribution in [0.1, 0.15) is 6.42 Å². The van der Waals surface area contributed by atoms with E-state index in [9.17, 15) is 35.2 Å². The Morgan fingerprint density at radius 3 is 2.29 bits per heavy atom. The lowest BCUT2D eigenvalue weighted by molar-refractivity contribution is -0.293. The summed E-state index contributed by atoms with van der Waals surface area (Å²) in [6, 6.07) is 0. The predicted octanol–water partition coefficient (Wildman–Crippen LogP) is 1.55. The minimum atomic E-state index is -5.90. The lowest BCUT2D eigenvalue weighted by Crippen LogP contribution is -2.41. The van der Waals surface area contributed by atoms with Crippen LogP contribution < -0.4 is 0 Å². The summed E-state index contributed by atoms with van der Waals surface area (Å²) in [5.74, 6) is -8.00. The molecule has 0 aromatic rings. The van der Waals surface area contributed by atoms with Crippen molar-refractivity contribution in [2.45, 2.75) is 18.5 Å². The van der Waals surface area contributed by atoms with Gasteiger partial charge >= 0.3 is 18.1 Å². The molecule has 0 radical (unpaired) electrons. The highest BCUT2D eigenvalue weighted by Crippen LogP contribution is 2.36. The molecule has 21 heavy (non-hydrogen) atoms. The van der Waals surface area contributed by atoms with Gasteiger partial charge in [-0.15, -0.1) is 0 Å². The van der Waals surface area contributed by atoms with Gasteiger partial charge in [-0.25, -0.2) is 4.79 Å². The van der Waals surface area contributed by atoms with Gasteiger partial charge < -0.3 is 9.84 Å². The van der Waals surface area contributed by atoms with Gasteiger partial charge in [0.1, 0.15) is 10.4 Å². The highest BCUT2D eigenvalue weighted by atomic mass is 32.2. The van der Waals surface area contributed by atoms with Gasteiger partial charge in [0.2, 0.25) is 10.3 Å². The summed E-state index contributed by atoms with van der Waals surface area (Å²) in [5, 5.41) is 8.78. The fraction of sp³-hybridized carbons (Fsp3) is 0.400. The van der Waals surface area contributed by atoms with Crippen molar-refractivity contribution in [1.29, 1.82) is 0 Å². The number of ether oxygens (including phenoxy) is 1. The van der Waals surface area contributed by atoms with Gasteiger partial charge in [0.15, 0.2) is 12.4 Å². The third kappa shape index (κ3) is 3.80. The largest absolute Gasteiger partial charge is 0.485 e. The summed E-state index contributed by atoms with van der Waals surface area (Å²) in [6.45, 7) is -2.23. The molecule has 0 fully saturated rings. The SMILES string of the molecule is O=C(O)C1=C(OCC(F)(F)C(F)(F)F)C(=S(=O)=O)CC=C1. The van der Waals surface area contributed by atoms with Crippen molar-refractivity contribution in [3.05, 3.63) is 23.5 Å². The second-order valence-electron chi connectivity index (χ2n) is 3.80. The number of aliphatic carboxylic acids is 1. The third-order valence-electron chi connectivity index (χ3n) is 2.33. The molecule has 0 spiro atoms. The first-order chi connectivity index (χ1) is 9.47. The van der Waals surface area contributed by atoms with Crippen LogP contribution in [0.25, 0.3) is 0 Å². The van der Waals surface area contributed by atoms with Crippen molar-refractivity contribution in [2.75, 3.05) is 6.61 Å². The smallest absolute Gasteiger partial charge is 0.456 e. The maximum atomic E-state index is 12.7. The number of carbonyl (C=O) groups is 1. The van der Waals surface area contributed by atoms with E-state index in [0.717, 1.165) is 12.2 Å². The molecule has 0 bridgehead atoms. The summed E-state index contributed by atoms with van der Waals surface area (Å²) >= 11 is 0. The summed E-state index contributed by atoms with van der Waals surface area (Å²) in [7, 11) is -3.03. The molecule has 0 aromatic carbocycles. The molecular formula is C10H7F5O5S. The summed E-state index contributed by atoms with van der Waals surface area (Å²) in [6.07, 6.45) is -4.32. The zero-order valence-electron chi connectivity index (χ0n) is 9.95. The normalized spacial score (nSPS) is 16.1. The van der Waals surface area contributed by atoms with Gasteiger partial charge in [-0.1, -0.05) is 6.08 Å². The van der Waals surface area contributed by atoms with E-state index in [0.29, 0.717) is 0 Å². The van der Waals surface area contributed by atoms with Crippen molar-refractivity contribution >= 4 is 21.1 Å². The van der Waals surface area contributed by atoms with Gasteiger partial charge in [-0.3, -0.25) is 0 Å². The van der Waals surface area contributed by atoms with Crippen molar-refractivity contribution < 1.29 is 45.0 Å². The topological polar surface area (TPSA) is 80.7 Å². The Kier molecular flexibility index (Phi) is 4.76. The van der Waals surface area contributed by atoms with Crippen molar-refractivity contribution in [2.24, 2.45) is 0 Å². The Hall–Kier alpha value is -1.91. The molecule has 5 nitrogen and oxygen atoms in total. The molecule has 1 aliphatic rings. The molecule has 1 aliphatic carbocycles. The van der Waals surface area contributed by atoms with E-state index in [-0.39, 0.29) is 6.42 Å². The average molecular weight is 334 g/mol. The Morgan fingerprint density at radius 2 is 1.86 bits per heavy atom. The minimum absolute atomic E-state index is 0.375. The Morgan fingerprint density at radius 1 is 1.29 bits per heavy atom. The number of hydrogen-bond acceptors (Lipinski definition) is 4. The lowest BCUT2D eigenvalue weighted by atomic mass is 10.0. The number of halogens is 5. The summed E-state index contributed by atoms with van der Waals surface area (Å²) in [4.78, 5) is 10.1. The highest BCUT2D eigenvalue weighted by Gasteiger charge is 2.58. The van der Waals surface area contributed by atoms with Crippen molar-refractivity contribution in [1.82, 2.24) is 0 Å². The predicted molar refractivity (Wildman–Crippen MR) is 59.3 cm³/mol. The summed E-state index contributed by atoms with van der Waals surface area (Å²) < 4.78 is 87.4. The van der Waals surface area contributed by atoms with Crippen LogP contribution in [-0.4, -0.2) is 43.1 Å². The van der Waals surface area contributed by atoms with Crippen LogP contribution in [0.5, 0.6) is 0 Å². The van der Waals surface area contributed by atoms with E-state index in [2.05, 4.69) is 4.74 Å². The van der Waals surface area contributed by atoms with Crippen LogP contribution in [0.3, 0.4) is 0 Å². The van der Waals surface area contributed by atoms with E-state index < -0.39 is 51.2 Å². The van der Waals surface area contributed by atoms with Gasteiger partial charge in [0.25, 0.3) is 0 Å². The quantitative estimate of drug-likeness (QED) is 0.623. The number of allylic oxidation sites excluding steroid dienone is 2. The van der Waals surface area contributed by atoms with Crippen LogP contribution in [0.4, 0.5) is 22.0 Å². The van der Waals surface area contributed by atoms with Gasteiger partial charge in [-0.2, -0.15) is 30.4 Å². The molecule has 11 heteroatoms. The van der Waals surface area contributed by atoms with Gasteiger partial charge in [0.05, 0.1) is 0 Å². The molecule has 0 aromatic heterocycles. The molecule has 1 N–H and O–H groups in total. The summed E-state index contributed by atoms with van der Waals surface area (Å²) in [5.41, 5.74) is -0.821. The Balaban J connectivity index is 3.19. The first-order valence-electron chi connectivity index (χ1n) is 5.14.